The van der Waals surface area contributed by atoms with E-state index in [1.165, 1.54) is 17.7 Å². The minimum absolute atomic E-state index is 0.255. The molecule has 28 heavy (non-hydrogen) atoms. The number of rotatable bonds is 7. The van der Waals surface area contributed by atoms with Crippen LogP contribution in [0.4, 0.5) is 0 Å². The molecule has 0 spiro atoms. The molecule has 2 heterocycles. The van der Waals surface area contributed by atoms with Gasteiger partial charge < -0.3 is 16.5 Å². The van der Waals surface area contributed by atoms with E-state index < -0.39 is 0 Å². The van der Waals surface area contributed by atoms with Crippen molar-refractivity contribution in [2.45, 2.75) is 31.8 Å². The Kier molecular flexibility index (Phi) is 5.81. The number of fused-ring (bicyclic) bond motifs is 2. The number of hydrogen-bond acceptors (Lipinski definition) is 5. The van der Waals surface area contributed by atoms with E-state index in [1.54, 1.807) is 0 Å². The largest absolute Gasteiger partial charge is 0.341 e. The summed E-state index contributed by atoms with van der Waals surface area (Å²) in [6.07, 6.45) is 7.29. The van der Waals surface area contributed by atoms with E-state index in [1.807, 2.05) is 36.5 Å². The molecule has 146 valence electrons. The number of aryl methyl sites for hydroxylation is 1. The van der Waals surface area contributed by atoms with Crippen molar-refractivity contribution in [3.05, 3.63) is 71.3 Å². The molecule has 1 aliphatic rings. The van der Waals surface area contributed by atoms with Gasteiger partial charge >= 0.3 is 0 Å². The Morgan fingerprint density at radius 3 is 2.93 bits per heavy atom. The van der Waals surface area contributed by atoms with Gasteiger partial charge in [0.25, 0.3) is 0 Å². The highest BCUT2D eigenvalue weighted by atomic mass is 15.2. The minimum Gasteiger partial charge on any atom is -0.341 e. The van der Waals surface area contributed by atoms with E-state index in [0.717, 1.165) is 48.4 Å². The summed E-state index contributed by atoms with van der Waals surface area (Å²) in [6.45, 7) is 2.50. The molecule has 0 amide bonds. The van der Waals surface area contributed by atoms with Gasteiger partial charge in [-0.2, -0.15) is 0 Å². The first-order valence-electron chi connectivity index (χ1n) is 9.98. The van der Waals surface area contributed by atoms with Crippen LogP contribution >= 0.6 is 0 Å². The molecule has 3 aromatic rings. The molecular weight excluding hydrogens is 348 g/mol. The lowest BCUT2D eigenvalue weighted by molar-refractivity contribution is 0.176. The number of aromatic amines is 1. The van der Waals surface area contributed by atoms with Gasteiger partial charge in [0.1, 0.15) is 5.82 Å². The second kappa shape index (κ2) is 8.65. The van der Waals surface area contributed by atoms with E-state index >= 15 is 0 Å². The normalized spacial score (nSPS) is 17.2. The van der Waals surface area contributed by atoms with Gasteiger partial charge in [0.2, 0.25) is 0 Å². The van der Waals surface area contributed by atoms with Gasteiger partial charge in [-0.05, 0) is 48.6 Å². The van der Waals surface area contributed by atoms with Crippen molar-refractivity contribution in [1.82, 2.24) is 19.9 Å². The fraction of sp³-hybridized carbons (Fsp3) is 0.364. The zero-order chi connectivity index (χ0) is 19.3. The van der Waals surface area contributed by atoms with Gasteiger partial charge in [-0.3, -0.25) is 9.88 Å². The smallest absolute Gasteiger partial charge is 0.121 e. The van der Waals surface area contributed by atoms with Crippen LogP contribution < -0.4 is 11.5 Å². The van der Waals surface area contributed by atoms with E-state index in [2.05, 4.69) is 22.0 Å². The topological polar surface area (TPSA) is 96.9 Å². The zero-order valence-electron chi connectivity index (χ0n) is 16.1. The van der Waals surface area contributed by atoms with Gasteiger partial charge in [0, 0.05) is 25.8 Å². The van der Waals surface area contributed by atoms with Gasteiger partial charge in [-0.15, -0.1) is 0 Å². The Balaban J connectivity index is 1.67. The summed E-state index contributed by atoms with van der Waals surface area (Å²) in [4.78, 5) is 15.4. The Morgan fingerprint density at radius 2 is 2.11 bits per heavy atom. The first-order chi connectivity index (χ1) is 13.8. The van der Waals surface area contributed by atoms with Crippen LogP contribution in [-0.2, 0) is 13.0 Å². The molecule has 1 aromatic carbocycles. The molecule has 0 fully saturated rings. The number of nitrogens with one attached hydrogen (secondary N) is 1. The number of imidazole rings is 1. The molecule has 1 aliphatic carbocycles. The molecule has 0 bridgehead atoms. The maximum absolute atomic E-state index is 6.00. The number of pyridine rings is 1. The lowest BCUT2D eigenvalue weighted by Gasteiger charge is -2.35. The molecule has 4 rings (SSSR count). The predicted molar refractivity (Wildman–Crippen MR) is 113 cm³/mol. The lowest BCUT2D eigenvalue weighted by Crippen LogP contribution is -2.35. The molecule has 5 N–H and O–H groups in total. The SMILES string of the molecule is NC/C=C(\CN)CN(Cc1nc2ccccc2[nH]1)C1CCCc2cccnc21. The van der Waals surface area contributed by atoms with Crippen LogP contribution in [0.25, 0.3) is 11.0 Å². The molecule has 1 unspecified atom stereocenters. The Labute approximate surface area is 165 Å². The number of para-hydroxylation sites is 2. The van der Waals surface area contributed by atoms with E-state index in [4.69, 9.17) is 21.4 Å². The van der Waals surface area contributed by atoms with Crippen molar-refractivity contribution in [2.24, 2.45) is 11.5 Å². The zero-order valence-corrected chi connectivity index (χ0v) is 16.1. The van der Waals surface area contributed by atoms with Crippen molar-refractivity contribution >= 4 is 11.0 Å². The van der Waals surface area contributed by atoms with E-state index in [9.17, 15) is 0 Å². The van der Waals surface area contributed by atoms with Crippen molar-refractivity contribution in [3.63, 3.8) is 0 Å². The highest BCUT2D eigenvalue weighted by Gasteiger charge is 2.28. The quantitative estimate of drug-likeness (QED) is 0.551. The molecule has 6 nitrogen and oxygen atoms in total. The Morgan fingerprint density at radius 1 is 1.21 bits per heavy atom. The molecule has 0 aliphatic heterocycles. The van der Waals surface area contributed by atoms with Crippen molar-refractivity contribution < 1.29 is 0 Å². The van der Waals surface area contributed by atoms with Gasteiger partial charge in [0.15, 0.2) is 0 Å². The third-order valence-electron chi connectivity index (χ3n) is 5.47. The molecule has 0 saturated carbocycles. The molecule has 0 radical (unpaired) electrons. The molecule has 0 saturated heterocycles. The van der Waals surface area contributed by atoms with Gasteiger partial charge in [-0.25, -0.2) is 4.98 Å². The maximum atomic E-state index is 6.00. The summed E-state index contributed by atoms with van der Waals surface area (Å²) in [5.74, 6) is 0.966. The fourth-order valence-electron chi connectivity index (χ4n) is 4.13. The number of benzene rings is 1. The first kappa shape index (κ1) is 18.8. The summed E-state index contributed by atoms with van der Waals surface area (Å²) in [5.41, 5.74) is 17.5. The van der Waals surface area contributed by atoms with Crippen LogP contribution in [0.2, 0.25) is 0 Å². The second-order valence-corrected chi connectivity index (χ2v) is 7.36. The third kappa shape index (κ3) is 3.99. The van der Waals surface area contributed by atoms with E-state index in [0.29, 0.717) is 13.1 Å². The van der Waals surface area contributed by atoms with Crippen LogP contribution in [0, 0.1) is 0 Å². The van der Waals surface area contributed by atoms with Gasteiger partial charge in [-0.1, -0.05) is 24.3 Å². The number of hydrogen-bond donors (Lipinski definition) is 3. The number of nitrogens with zero attached hydrogens (tertiary/aromatic N) is 3. The van der Waals surface area contributed by atoms with Crippen molar-refractivity contribution in [2.75, 3.05) is 19.6 Å². The standard InChI is InChI=1S/C22H28N6/c23-11-10-16(13-24)14-28(15-21-26-18-7-1-2-8-19(18)27-21)20-9-3-5-17-6-4-12-25-22(17)20/h1-2,4,6-8,10,12,20H,3,5,9,11,13-15,23-24H2,(H,26,27)/b16-10+. The summed E-state index contributed by atoms with van der Waals surface area (Å²) in [7, 11) is 0. The van der Waals surface area contributed by atoms with Crippen molar-refractivity contribution in [1.29, 1.82) is 0 Å². The highest BCUT2D eigenvalue weighted by molar-refractivity contribution is 5.74. The minimum atomic E-state index is 0.255. The Hall–Kier alpha value is -2.54. The van der Waals surface area contributed by atoms with Crippen molar-refractivity contribution in [3.8, 4) is 0 Å². The van der Waals surface area contributed by atoms with Crippen LogP contribution in [-0.4, -0.2) is 39.5 Å². The lowest BCUT2D eigenvalue weighted by atomic mass is 9.90. The average Bonchev–Trinajstić information content (AvgIpc) is 3.15. The molecule has 6 heteroatoms. The summed E-state index contributed by atoms with van der Waals surface area (Å²) in [6, 6.07) is 12.6. The molecular formula is C22H28N6. The third-order valence-corrected chi connectivity index (χ3v) is 5.47. The average molecular weight is 377 g/mol. The number of nitrogens with two attached hydrogens (primary N) is 2. The number of H-pyrrole nitrogens is 1. The fourth-order valence-corrected chi connectivity index (χ4v) is 4.13. The van der Waals surface area contributed by atoms with E-state index in [-0.39, 0.29) is 6.04 Å². The first-order valence-corrected chi connectivity index (χ1v) is 9.98. The summed E-state index contributed by atoms with van der Waals surface area (Å²) >= 11 is 0. The summed E-state index contributed by atoms with van der Waals surface area (Å²) in [5, 5.41) is 0. The second-order valence-electron chi connectivity index (χ2n) is 7.36. The van der Waals surface area contributed by atoms with Crippen LogP contribution in [0.1, 0.15) is 36.0 Å². The maximum Gasteiger partial charge on any atom is 0.121 e. The monoisotopic (exact) mass is 376 g/mol. The molecule has 2 aromatic heterocycles. The summed E-state index contributed by atoms with van der Waals surface area (Å²) < 4.78 is 0. The van der Waals surface area contributed by atoms with Crippen LogP contribution in [0.3, 0.4) is 0 Å². The predicted octanol–water partition coefficient (Wildman–Crippen LogP) is 2.68. The Bertz CT molecular complexity index is 927. The van der Waals surface area contributed by atoms with Gasteiger partial charge in [0.05, 0.1) is 29.3 Å². The highest BCUT2D eigenvalue weighted by Crippen LogP contribution is 2.34. The van der Waals surface area contributed by atoms with Crippen LogP contribution in [0.5, 0.6) is 0 Å². The van der Waals surface area contributed by atoms with Crippen LogP contribution in [0.15, 0.2) is 54.2 Å². The molecule has 1 atom stereocenters. The number of aromatic nitrogens is 3.